The van der Waals surface area contributed by atoms with Crippen LogP contribution in [-0.4, -0.2) is 158 Å². The van der Waals surface area contributed by atoms with Crippen molar-refractivity contribution < 1.29 is 74.4 Å². The summed E-state index contributed by atoms with van der Waals surface area (Å²) < 4.78 is 36.9. The molecule has 20 atom stereocenters. The second kappa shape index (κ2) is 16.1. The van der Waals surface area contributed by atoms with Gasteiger partial charge in [0, 0.05) is 13.0 Å². The van der Waals surface area contributed by atoms with Gasteiger partial charge in [-0.05, 0) is 91.8 Å². The van der Waals surface area contributed by atoms with Crippen molar-refractivity contribution in [1.82, 2.24) is 0 Å². The van der Waals surface area contributed by atoms with Gasteiger partial charge in [0.15, 0.2) is 18.9 Å². The molecule has 15 heteroatoms. The molecule has 54 heavy (non-hydrogen) atoms. The summed E-state index contributed by atoms with van der Waals surface area (Å²) in [5, 5.41) is 94.9. The van der Waals surface area contributed by atoms with E-state index in [9.17, 15) is 46.0 Å². The van der Waals surface area contributed by atoms with Gasteiger partial charge in [-0.15, -0.1) is 0 Å². The zero-order valence-electron chi connectivity index (χ0n) is 31.6. The van der Waals surface area contributed by atoms with Crippen molar-refractivity contribution in [2.45, 2.75) is 170 Å². The topological polar surface area (TPSA) is 237 Å². The largest absolute Gasteiger partial charge is 0.396 e. The molecule has 0 aromatic rings. The maximum Gasteiger partial charge on any atom is 0.187 e. The van der Waals surface area contributed by atoms with Gasteiger partial charge in [-0.2, -0.15) is 0 Å². The molecule has 9 N–H and O–H groups in total. The Morgan fingerprint density at radius 2 is 1.41 bits per heavy atom. The summed E-state index contributed by atoms with van der Waals surface area (Å²) in [7, 11) is 0. The van der Waals surface area contributed by atoms with E-state index in [0.29, 0.717) is 23.2 Å². The monoisotopic (exact) mass is 772 g/mol. The van der Waals surface area contributed by atoms with Crippen molar-refractivity contribution in [3.05, 3.63) is 12.2 Å². The van der Waals surface area contributed by atoms with Gasteiger partial charge >= 0.3 is 0 Å². The van der Waals surface area contributed by atoms with Crippen LogP contribution in [0.3, 0.4) is 0 Å². The molecule has 4 saturated carbocycles. The lowest BCUT2D eigenvalue weighted by Crippen LogP contribution is -2.66. The minimum atomic E-state index is -1.81. The van der Waals surface area contributed by atoms with Gasteiger partial charge in [0.1, 0.15) is 54.9 Å². The molecule has 0 unspecified atom stereocenters. The summed E-state index contributed by atoms with van der Waals surface area (Å²) in [5.41, 5.74) is 1.54. The maximum atomic E-state index is 11.6. The van der Waals surface area contributed by atoms with E-state index in [1.54, 1.807) is 0 Å². The molecule has 3 aliphatic heterocycles. The molecular weight excluding hydrogens is 708 g/mol. The molecule has 1 spiro atoms. The third-order valence-electron chi connectivity index (χ3n) is 14.9. The number of hydrogen-bond donors (Lipinski definition) is 9. The van der Waals surface area contributed by atoms with E-state index in [1.807, 2.05) is 0 Å². The molecule has 15 nitrogen and oxygen atoms in total. The number of fused-ring (bicyclic) bond motifs is 3. The molecule has 7 aliphatic rings. The highest BCUT2D eigenvalue weighted by atomic mass is 16.8. The summed E-state index contributed by atoms with van der Waals surface area (Å²) in [4.78, 5) is 0. The van der Waals surface area contributed by atoms with Gasteiger partial charge in [-0.1, -0.05) is 32.4 Å². The lowest BCUT2D eigenvalue weighted by Gasteiger charge is -2.64. The highest BCUT2D eigenvalue weighted by molar-refractivity contribution is 5.22. The van der Waals surface area contributed by atoms with Gasteiger partial charge < -0.3 is 74.4 Å². The first-order chi connectivity index (χ1) is 25.7. The lowest BCUT2D eigenvalue weighted by molar-refractivity contribution is -0.390. The van der Waals surface area contributed by atoms with Gasteiger partial charge in [-0.3, -0.25) is 0 Å². The first-order valence-electron chi connectivity index (χ1n) is 20.2. The van der Waals surface area contributed by atoms with E-state index in [0.717, 1.165) is 38.5 Å². The SMILES string of the molecule is C=C1C[C@@]23CC[C@@H]4[C@](C)(CO[C@@H]5O[C@H](CO)[C@@H](O)[C@H](O[C@@H]6O[C@H](CCO)C[C@H](O)[C@H]6O)[C@H]5O[C@@H]5O[C@H](CO)[C@@H](O)[C@H](O)[C@H]5O)CCC[C@@]4(C)[C@@H]2CC[C@@H]1C3. The summed E-state index contributed by atoms with van der Waals surface area (Å²) in [6, 6.07) is 0. The van der Waals surface area contributed by atoms with Crippen molar-refractivity contribution in [1.29, 1.82) is 0 Å². The summed E-state index contributed by atoms with van der Waals surface area (Å²) >= 11 is 0. The van der Waals surface area contributed by atoms with Crippen LogP contribution in [0.1, 0.15) is 84.5 Å². The average molecular weight is 773 g/mol. The number of aliphatic hydroxyl groups excluding tert-OH is 9. The predicted molar refractivity (Wildman–Crippen MR) is 188 cm³/mol. The predicted octanol–water partition coefficient (Wildman–Crippen LogP) is -0.160. The normalized spacial score (nSPS) is 53.5. The Bertz CT molecular complexity index is 1300. The third-order valence-corrected chi connectivity index (χ3v) is 14.9. The van der Waals surface area contributed by atoms with Crippen LogP contribution >= 0.6 is 0 Å². The number of ether oxygens (including phenoxy) is 6. The van der Waals surface area contributed by atoms with Crippen molar-refractivity contribution in [3.63, 3.8) is 0 Å². The standard InChI is InChI=1S/C39H64O15/c1-19-14-39-11-7-25-37(2,9-4-10-38(25,3)26(39)6-5-20(19)15-39)18-49-36-33(54-35-31(48)30(47)28(45)23(16-41)51-35)32(29(46)24(17-42)52-36)53-34-27(44)22(43)13-21(50-34)8-12-40/h20-36,40-48H,1,4-18H2,2-3H3/t20-,21-,22+,23-,24-,25-,26+,27-,28-,29-,30+,31-,32+,33-,34+,35+,36-,37+,38-,39-/m1/s1. The molecular formula is C39H64O15. The zero-order chi connectivity index (χ0) is 38.7. The van der Waals surface area contributed by atoms with E-state index < -0.39 is 99.2 Å². The van der Waals surface area contributed by atoms with Crippen LogP contribution in [0.5, 0.6) is 0 Å². The molecule has 4 aliphatic carbocycles. The van der Waals surface area contributed by atoms with Crippen LogP contribution in [-0.2, 0) is 28.4 Å². The van der Waals surface area contributed by atoms with Crippen LogP contribution in [0.4, 0.5) is 0 Å². The van der Waals surface area contributed by atoms with Crippen LogP contribution in [0.25, 0.3) is 0 Å². The Kier molecular flexibility index (Phi) is 12.3. The zero-order valence-corrected chi connectivity index (χ0v) is 31.6. The van der Waals surface area contributed by atoms with Crippen molar-refractivity contribution in [3.8, 4) is 0 Å². The Morgan fingerprint density at radius 1 is 0.722 bits per heavy atom. The van der Waals surface area contributed by atoms with Crippen molar-refractivity contribution >= 4 is 0 Å². The molecule has 0 radical (unpaired) electrons. The Labute approximate surface area is 317 Å². The first kappa shape index (κ1) is 41.3. The van der Waals surface area contributed by atoms with Gasteiger partial charge in [-0.25, -0.2) is 0 Å². The van der Waals surface area contributed by atoms with Gasteiger partial charge in [0.25, 0.3) is 0 Å². The van der Waals surface area contributed by atoms with E-state index >= 15 is 0 Å². The first-order valence-corrected chi connectivity index (χ1v) is 20.2. The fraction of sp³-hybridized carbons (Fsp3) is 0.949. The third kappa shape index (κ3) is 7.25. The fourth-order valence-corrected chi connectivity index (χ4v) is 12.3. The van der Waals surface area contributed by atoms with Crippen LogP contribution in [0.2, 0.25) is 0 Å². The highest BCUT2D eigenvalue weighted by Gasteiger charge is 2.64. The molecule has 0 aromatic heterocycles. The average Bonchev–Trinajstić information content (AvgIpc) is 3.37. The van der Waals surface area contributed by atoms with Crippen LogP contribution in [0, 0.1) is 34.0 Å². The molecule has 0 aromatic carbocycles. The lowest BCUT2D eigenvalue weighted by atomic mass is 9.41. The van der Waals surface area contributed by atoms with Crippen LogP contribution < -0.4 is 0 Å². The highest BCUT2D eigenvalue weighted by Crippen LogP contribution is 2.72. The second-order valence-corrected chi connectivity index (χ2v) is 18.2. The molecule has 3 heterocycles. The van der Waals surface area contributed by atoms with E-state index in [1.165, 1.54) is 24.8 Å². The fourth-order valence-electron chi connectivity index (χ4n) is 12.3. The van der Waals surface area contributed by atoms with Gasteiger partial charge in [0.2, 0.25) is 0 Å². The number of allylic oxidation sites excluding steroid dienone is 1. The summed E-state index contributed by atoms with van der Waals surface area (Å²) in [6.45, 7) is 7.82. The van der Waals surface area contributed by atoms with Crippen molar-refractivity contribution in [2.24, 2.45) is 34.0 Å². The van der Waals surface area contributed by atoms with Crippen molar-refractivity contribution in [2.75, 3.05) is 26.4 Å². The molecule has 7 fully saturated rings. The summed E-state index contributed by atoms with van der Waals surface area (Å²) in [6.07, 6.45) is -10.2. The maximum absolute atomic E-state index is 11.6. The molecule has 2 bridgehead atoms. The quantitative estimate of drug-likeness (QED) is 0.124. The van der Waals surface area contributed by atoms with E-state index in [-0.39, 0.29) is 36.9 Å². The Morgan fingerprint density at radius 3 is 2.13 bits per heavy atom. The molecule has 0 amide bonds. The molecule has 310 valence electrons. The molecule has 7 rings (SSSR count). The minimum absolute atomic E-state index is 0.0314. The van der Waals surface area contributed by atoms with E-state index in [4.69, 9.17) is 28.4 Å². The minimum Gasteiger partial charge on any atom is -0.396 e. The second-order valence-electron chi connectivity index (χ2n) is 18.2. The number of hydrogen-bond acceptors (Lipinski definition) is 15. The number of rotatable bonds is 11. The van der Waals surface area contributed by atoms with E-state index in [2.05, 4.69) is 20.4 Å². The number of aliphatic hydroxyl groups is 9. The summed E-state index contributed by atoms with van der Waals surface area (Å²) in [5.74, 6) is 1.57. The van der Waals surface area contributed by atoms with Crippen LogP contribution in [0.15, 0.2) is 12.2 Å². The smallest absolute Gasteiger partial charge is 0.187 e. The Hall–Kier alpha value is -0.860. The Balaban J connectivity index is 1.16. The molecule has 3 saturated heterocycles. The van der Waals surface area contributed by atoms with Gasteiger partial charge in [0.05, 0.1) is 32.0 Å².